The number of hydrogen-bond acceptors (Lipinski definition) is 10. The van der Waals surface area contributed by atoms with Crippen LogP contribution in [0, 0.1) is 30.3 Å². The minimum Gasteiger partial charge on any atom is -0.462 e. The van der Waals surface area contributed by atoms with Gasteiger partial charge >= 0.3 is 5.97 Å². The molecule has 1 aromatic carbocycles. The number of nitro benzene ring substituents is 1. The molecule has 0 aliphatic carbocycles. The summed E-state index contributed by atoms with van der Waals surface area (Å²) in [5, 5.41) is 28.5. The molecule has 0 spiro atoms. The second-order valence-electron chi connectivity index (χ2n) is 4.20. The predicted molar refractivity (Wildman–Crippen MR) is 72.8 cm³/mol. The van der Waals surface area contributed by atoms with Crippen molar-refractivity contribution in [2.24, 2.45) is 0 Å². The predicted octanol–water partition coefficient (Wildman–Crippen LogP) is 0.927. The quantitative estimate of drug-likeness (QED) is 0.337. The molecule has 0 radical (unpaired) electrons. The van der Waals surface area contributed by atoms with E-state index in [9.17, 15) is 35.1 Å². The van der Waals surface area contributed by atoms with Gasteiger partial charge in [-0.05, 0) is 12.1 Å². The van der Waals surface area contributed by atoms with Crippen LogP contribution in [-0.4, -0.2) is 40.4 Å². The Labute approximate surface area is 133 Å². The van der Waals surface area contributed by atoms with E-state index in [1.165, 1.54) is 12.1 Å². The van der Waals surface area contributed by atoms with Gasteiger partial charge in [-0.2, -0.15) is 0 Å². The molecule has 0 aliphatic rings. The van der Waals surface area contributed by atoms with Crippen molar-refractivity contribution in [1.29, 1.82) is 0 Å². The summed E-state index contributed by atoms with van der Waals surface area (Å²) in [6.07, 6.45) is -1.52. The van der Waals surface area contributed by atoms with Crippen LogP contribution in [0.2, 0.25) is 0 Å². The number of nitrogens with zero attached hydrogens (tertiary/aromatic N) is 3. The second kappa shape index (κ2) is 8.82. The molecule has 0 saturated heterocycles. The number of carbonyl (C=O) groups excluding carboxylic acids is 1. The highest BCUT2D eigenvalue weighted by Crippen LogP contribution is 2.13. The fraction of sp³-hybridized carbons (Fsp3) is 0.364. The van der Waals surface area contributed by atoms with E-state index < -0.39 is 33.8 Å². The van der Waals surface area contributed by atoms with Crippen LogP contribution in [0.3, 0.4) is 0 Å². The van der Waals surface area contributed by atoms with E-state index in [4.69, 9.17) is 4.74 Å². The maximum absolute atomic E-state index is 11.7. The Kier molecular flexibility index (Phi) is 6.81. The van der Waals surface area contributed by atoms with Crippen molar-refractivity contribution in [2.45, 2.75) is 12.5 Å². The molecule has 0 aromatic heterocycles. The van der Waals surface area contributed by atoms with Gasteiger partial charge in [0.05, 0.1) is 17.1 Å². The molecule has 0 amide bonds. The summed E-state index contributed by atoms with van der Waals surface area (Å²) in [6, 6.07) is 4.59. The lowest BCUT2D eigenvalue weighted by atomic mass is 10.2. The Bertz CT molecular complexity index is 617. The average Bonchev–Trinajstić information content (AvgIpc) is 2.51. The number of hydrogen-bond donors (Lipinski definition) is 0. The van der Waals surface area contributed by atoms with Gasteiger partial charge < -0.3 is 14.4 Å². The Morgan fingerprint density at radius 1 is 1.04 bits per heavy atom. The molecule has 0 heterocycles. The number of esters is 1. The maximum Gasteiger partial charge on any atom is 0.338 e. The van der Waals surface area contributed by atoms with Crippen molar-refractivity contribution >= 4 is 11.7 Å². The molecule has 1 aromatic rings. The van der Waals surface area contributed by atoms with Crippen molar-refractivity contribution < 1.29 is 34.3 Å². The molecule has 24 heavy (non-hydrogen) atoms. The van der Waals surface area contributed by atoms with Gasteiger partial charge in [0.1, 0.15) is 12.7 Å². The molecule has 0 aliphatic heterocycles. The van der Waals surface area contributed by atoms with E-state index in [1.54, 1.807) is 0 Å². The lowest BCUT2D eigenvalue weighted by Gasteiger charge is -2.13. The summed E-state index contributed by atoms with van der Waals surface area (Å²) >= 11 is 0. The van der Waals surface area contributed by atoms with Crippen LogP contribution in [0.15, 0.2) is 24.3 Å². The second-order valence-corrected chi connectivity index (χ2v) is 4.20. The fourth-order valence-electron chi connectivity index (χ4n) is 1.52. The Balaban J connectivity index is 2.50. The van der Waals surface area contributed by atoms with E-state index in [2.05, 4.69) is 9.68 Å². The van der Waals surface area contributed by atoms with Crippen molar-refractivity contribution in [2.75, 3.05) is 13.2 Å². The van der Waals surface area contributed by atoms with Crippen molar-refractivity contribution in [3.63, 3.8) is 0 Å². The van der Waals surface area contributed by atoms with E-state index in [-0.39, 0.29) is 24.3 Å². The summed E-state index contributed by atoms with van der Waals surface area (Å²) < 4.78 is 4.81. The highest BCUT2D eigenvalue weighted by atomic mass is 17.0. The zero-order valence-electron chi connectivity index (χ0n) is 11.9. The summed E-state index contributed by atoms with van der Waals surface area (Å²) in [6.45, 7) is -1.04. The first kappa shape index (κ1) is 18.5. The van der Waals surface area contributed by atoms with Crippen LogP contribution in [0.25, 0.3) is 0 Å². The molecule has 130 valence electrons. The minimum absolute atomic E-state index is 0.0360. The number of ether oxygens (including phenoxy) is 1. The van der Waals surface area contributed by atoms with E-state index in [0.29, 0.717) is 0 Å². The third kappa shape index (κ3) is 6.50. The van der Waals surface area contributed by atoms with Gasteiger partial charge in [0.2, 0.25) is 0 Å². The molecular weight excluding hydrogens is 334 g/mol. The molecular formula is C11H11N3O10. The average molecular weight is 345 g/mol. The number of nitro groups is 1. The molecule has 13 nitrogen and oxygen atoms in total. The molecule has 1 atom stereocenters. The lowest BCUT2D eigenvalue weighted by Crippen LogP contribution is -2.26. The van der Waals surface area contributed by atoms with E-state index >= 15 is 0 Å². The smallest absolute Gasteiger partial charge is 0.338 e. The van der Waals surface area contributed by atoms with Crippen LogP contribution in [-0.2, 0) is 14.4 Å². The summed E-state index contributed by atoms with van der Waals surface area (Å²) in [5.74, 6) is -0.819. The van der Waals surface area contributed by atoms with Gasteiger partial charge in [-0.25, -0.2) is 4.79 Å². The van der Waals surface area contributed by atoms with Crippen LogP contribution < -0.4 is 0 Å². The highest BCUT2D eigenvalue weighted by molar-refractivity contribution is 5.89. The summed E-state index contributed by atoms with van der Waals surface area (Å²) in [4.78, 5) is 50.0. The Morgan fingerprint density at radius 3 is 2.17 bits per heavy atom. The Morgan fingerprint density at radius 2 is 1.67 bits per heavy atom. The standard InChI is InChI=1S/C11H11N3O10/c15-11(8-1-3-9(4-2-8)12(16)17)22-6-5-10(24-14(20)21)7-23-13(18)19/h1-4,10H,5-7H2/t10-/m0/s1. The monoisotopic (exact) mass is 345 g/mol. The van der Waals surface area contributed by atoms with Gasteiger partial charge in [0.15, 0.2) is 0 Å². The van der Waals surface area contributed by atoms with Gasteiger partial charge in [0.25, 0.3) is 15.9 Å². The van der Waals surface area contributed by atoms with Crippen LogP contribution >= 0.6 is 0 Å². The number of non-ortho nitro benzene ring substituents is 1. The topological polar surface area (TPSA) is 174 Å². The molecule has 1 rings (SSSR count). The molecule has 0 fully saturated rings. The molecule has 0 N–H and O–H groups in total. The van der Waals surface area contributed by atoms with Crippen molar-refractivity contribution in [1.82, 2.24) is 0 Å². The molecule has 0 bridgehead atoms. The Hall–Kier alpha value is -3.51. The third-order valence-electron chi connectivity index (χ3n) is 2.59. The largest absolute Gasteiger partial charge is 0.462 e. The molecule has 0 unspecified atom stereocenters. The van der Waals surface area contributed by atoms with Crippen LogP contribution in [0.1, 0.15) is 16.8 Å². The van der Waals surface area contributed by atoms with Gasteiger partial charge in [-0.15, -0.1) is 20.2 Å². The summed E-state index contributed by atoms with van der Waals surface area (Å²) in [5.41, 5.74) is -0.170. The maximum atomic E-state index is 11.7. The molecule has 0 saturated carbocycles. The summed E-state index contributed by atoms with van der Waals surface area (Å²) in [7, 11) is 0. The van der Waals surface area contributed by atoms with Crippen LogP contribution in [0.5, 0.6) is 0 Å². The highest BCUT2D eigenvalue weighted by Gasteiger charge is 2.17. The lowest BCUT2D eigenvalue weighted by molar-refractivity contribution is -0.790. The normalized spacial score (nSPS) is 11.2. The SMILES string of the molecule is O=C(OCC[C@@H](CO[N+](=O)[O-])O[N+](=O)[O-])c1ccc([N+](=O)[O-])cc1. The number of rotatable bonds is 10. The first-order valence-electron chi connectivity index (χ1n) is 6.29. The van der Waals surface area contributed by atoms with Gasteiger partial charge in [-0.1, -0.05) is 0 Å². The van der Waals surface area contributed by atoms with Gasteiger partial charge in [-0.3, -0.25) is 10.1 Å². The van der Waals surface area contributed by atoms with Crippen molar-refractivity contribution in [3.8, 4) is 0 Å². The zero-order valence-corrected chi connectivity index (χ0v) is 11.9. The third-order valence-corrected chi connectivity index (χ3v) is 2.59. The number of carbonyl (C=O) groups is 1. The first-order chi connectivity index (χ1) is 11.3. The number of benzene rings is 1. The van der Waals surface area contributed by atoms with E-state index in [1.807, 2.05) is 0 Å². The minimum atomic E-state index is -1.30. The van der Waals surface area contributed by atoms with Gasteiger partial charge in [0, 0.05) is 18.6 Å². The first-order valence-corrected chi connectivity index (χ1v) is 6.29. The molecule has 13 heteroatoms. The van der Waals surface area contributed by atoms with Crippen LogP contribution in [0.4, 0.5) is 5.69 Å². The van der Waals surface area contributed by atoms with Crippen molar-refractivity contribution in [3.05, 3.63) is 60.2 Å². The fourth-order valence-corrected chi connectivity index (χ4v) is 1.52. The zero-order chi connectivity index (χ0) is 18.1. The van der Waals surface area contributed by atoms with E-state index in [0.717, 1.165) is 12.1 Å².